The van der Waals surface area contributed by atoms with Crippen LogP contribution in [-0.2, 0) is 26.2 Å². The van der Waals surface area contributed by atoms with Crippen molar-refractivity contribution in [1.29, 1.82) is 0 Å². The predicted molar refractivity (Wildman–Crippen MR) is 127 cm³/mol. The molecule has 4 rings (SSSR count). The number of amides is 2. The molecule has 0 aromatic heterocycles. The summed E-state index contributed by atoms with van der Waals surface area (Å²) in [6.07, 6.45) is 0.120. The molecule has 33 heavy (non-hydrogen) atoms. The molecule has 2 amide bonds. The summed E-state index contributed by atoms with van der Waals surface area (Å²) in [6, 6.07) is 21.9. The number of rotatable bonds is 7. The van der Waals surface area contributed by atoms with Crippen LogP contribution in [0.2, 0.25) is 5.02 Å². The normalized spacial score (nSPS) is 16.0. The van der Waals surface area contributed by atoms with E-state index in [-0.39, 0.29) is 23.1 Å². The van der Waals surface area contributed by atoms with Crippen molar-refractivity contribution in [2.24, 2.45) is 5.92 Å². The van der Waals surface area contributed by atoms with Crippen molar-refractivity contribution in [2.45, 2.75) is 17.9 Å². The van der Waals surface area contributed by atoms with Gasteiger partial charge in [-0.25, -0.2) is 8.42 Å². The Morgan fingerprint density at radius 2 is 1.70 bits per heavy atom. The van der Waals surface area contributed by atoms with Crippen molar-refractivity contribution in [3.8, 4) is 0 Å². The zero-order valence-electron chi connectivity index (χ0n) is 17.6. The van der Waals surface area contributed by atoms with Crippen LogP contribution in [0.25, 0.3) is 0 Å². The summed E-state index contributed by atoms with van der Waals surface area (Å²) in [5.41, 5.74) is 1.71. The number of nitrogens with zero attached hydrogens (tertiary/aromatic N) is 1. The van der Waals surface area contributed by atoms with Crippen LogP contribution < -0.4 is 10.0 Å². The summed E-state index contributed by atoms with van der Waals surface area (Å²) in [5.74, 6) is -0.907. The minimum absolute atomic E-state index is 0.00320. The van der Waals surface area contributed by atoms with Crippen LogP contribution in [0, 0.1) is 5.92 Å². The van der Waals surface area contributed by atoms with E-state index in [2.05, 4.69) is 10.0 Å². The molecule has 0 spiro atoms. The van der Waals surface area contributed by atoms with Gasteiger partial charge in [0.1, 0.15) is 0 Å². The second kappa shape index (κ2) is 9.64. The standard InChI is InChI=1S/C24H22ClN3O4S/c25-19-9-11-20(12-10-19)27-33(31,32)22-8-4-7-21(14-22)26-24(30)18-13-23(29)28(16-18)15-17-5-2-1-3-6-17/h1-12,14,18,27H,13,15-16H2,(H,26,30)/t18-/m0/s1. The van der Waals surface area contributed by atoms with Gasteiger partial charge in [-0.05, 0) is 48.0 Å². The molecule has 0 bridgehead atoms. The zero-order valence-corrected chi connectivity index (χ0v) is 19.1. The number of halogens is 1. The Bertz CT molecular complexity index is 1260. The average molecular weight is 484 g/mol. The second-order valence-corrected chi connectivity index (χ2v) is 9.91. The summed E-state index contributed by atoms with van der Waals surface area (Å²) in [4.78, 5) is 26.8. The molecule has 9 heteroatoms. The number of hydrogen-bond donors (Lipinski definition) is 2. The molecule has 170 valence electrons. The maximum atomic E-state index is 12.8. The van der Waals surface area contributed by atoms with Crippen molar-refractivity contribution >= 4 is 44.8 Å². The quantitative estimate of drug-likeness (QED) is 0.528. The molecular formula is C24H22ClN3O4S. The maximum Gasteiger partial charge on any atom is 0.261 e. The lowest BCUT2D eigenvalue weighted by Gasteiger charge is -2.17. The monoisotopic (exact) mass is 483 g/mol. The highest BCUT2D eigenvalue weighted by atomic mass is 35.5. The van der Waals surface area contributed by atoms with Gasteiger partial charge in [-0.2, -0.15) is 0 Å². The molecule has 3 aromatic rings. The lowest BCUT2D eigenvalue weighted by atomic mass is 10.1. The third-order valence-electron chi connectivity index (χ3n) is 5.31. The molecule has 1 aliphatic rings. The fourth-order valence-electron chi connectivity index (χ4n) is 3.62. The third-order valence-corrected chi connectivity index (χ3v) is 6.94. The first kappa shape index (κ1) is 22.8. The van der Waals surface area contributed by atoms with E-state index >= 15 is 0 Å². The number of likely N-dealkylation sites (tertiary alicyclic amines) is 1. The molecule has 1 heterocycles. The topological polar surface area (TPSA) is 95.6 Å². The molecule has 0 unspecified atom stereocenters. The smallest absolute Gasteiger partial charge is 0.261 e. The van der Waals surface area contributed by atoms with Gasteiger partial charge in [0, 0.05) is 35.9 Å². The van der Waals surface area contributed by atoms with Crippen molar-refractivity contribution < 1.29 is 18.0 Å². The fraction of sp³-hybridized carbons (Fsp3) is 0.167. The number of hydrogen-bond acceptors (Lipinski definition) is 4. The van der Waals surface area contributed by atoms with E-state index in [1.165, 1.54) is 12.1 Å². The van der Waals surface area contributed by atoms with Crippen LogP contribution in [0.15, 0.2) is 83.8 Å². The molecule has 3 aromatic carbocycles. The van der Waals surface area contributed by atoms with Gasteiger partial charge < -0.3 is 10.2 Å². The number of anilines is 2. The molecule has 0 radical (unpaired) electrons. The van der Waals surface area contributed by atoms with Crippen molar-refractivity contribution in [1.82, 2.24) is 4.90 Å². The summed E-state index contributed by atoms with van der Waals surface area (Å²) < 4.78 is 27.9. The first-order valence-electron chi connectivity index (χ1n) is 10.3. The van der Waals surface area contributed by atoms with E-state index in [9.17, 15) is 18.0 Å². The molecule has 1 fully saturated rings. The van der Waals surface area contributed by atoms with Crippen LogP contribution >= 0.6 is 11.6 Å². The van der Waals surface area contributed by atoms with E-state index < -0.39 is 15.9 Å². The maximum absolute atomic E-state index is 12.8. The van der Waals surface area contributed by atoms with Gasteiger partial charge in [0.25, 0.3) is 10.0 Å². The molecule has 2 N–H and O–H groups in total. The highest BCUT2D eigenvalue weighted by Gasteiger charge is 2.34. The van der Waals surface area contributed by atoms with Crippen LogP contribution in [-0.4, -0.2) is 31.7 Å². The van der Waals surface area contributed by atoms with Crippen molar-refractivity contribution in [3.63, 3.8) is 0 Å². The van der Waals surface area contributed by atoms with Gasteiger partial charge in [0.05, 0.1) is 10.8 Å². The van der Waals surface area contributed by atoms with Crippen LogP contribution in [0.4, 0.5) is 11.4 Å². The van der Waals surface area contributed by atoms with E-state index in [0.717, 1.165) is 5.56 Å². The summed E-state index contributed by atoms with van der Waals surface area (Å²) in [5, 5.41) is 3.24. The first-order valence-corrected chi connectivity index (χ1v) is 12.2. The predicted octanol–water partition coefficient (Wildman–Crippen LogP) is 4.13. The van der Waals surface area contributed by atoms with Gasteiger partial charge in [0.2, 0.25) is 11.8 Å². The Morgan fingerprint density at radius 3 is 2.42 bits per heavy atom. The Balaban J connectivity index is 1.41. The minimum atomic E-state index is -3.86. The van der Waals surface area contributed by atoms with Crippen LogP contribution in [0.1, 0.15) is 12.0 Å². The van der Waals surface area contributed by atoms with Crippen molar-refractivity contribution in [3.05, 3.63) is 89.4 Å². The number of benzene rings is 3. The summed E-state index contributed by atoms with van der Waals surface area (Å²) >= 11 is 5.84. The lowest BCUT2D eigenvalue weighted by molar-refractivity contribution is -0.128. The van der Waals surface area contributed by atoms with Crippen LogP contribution in [0.3, 0.4) is 0 Å². The molecule has 1 aliphatic heterocycles. The Hall–Kier alpha value is -3.36. The zero-order chi connectivity index (χ0) is 23.4. The van der Waals surface area contributed by atoms with Gasteiger partial charge in [-0.1, -0.05) is 48.0 Å². The number of carbonyl (C=O) groups is 2. The van der Waals surface area contributed by atoms with E-state index in [4.69, 9.17) is 11.6 Å². The molecule has 1 atom stereocenters. The second-order valence-electron chi connectivity index (χ2n) is 7.79. The van der Waals surface area contributed by atoms with Crippen molar-refractivity contribution in [2.75, 3.05) is 16.6 Å². The lowest BCUT2D eigenvalue weighted by Crippen LogP contribution is -2.28. The molecule has 7 nitrogen and oxygen atoms in total. The Kier molecular flexibility index (Phi) is 6.67. The first-order chi connectivity index (χ1) is 15.8. The van der Waals surface area contributed by atoms with E-state index in [1.54, 1.807) is 41.3 Å². The number of sulfonamides is 1. The van der Waals surface area contributed by atoms with Gasteiger partial charge >= 0.3 is 0 Å². The average Bonchev–Trinajstić information content (AvgIpc) is 3.16. The highest BCUT2D eigenvalue weighted by Crippen LogP contribution is 2.24. The van der Waals surface area contributed by atoms with Crippen LogP contribution in [0.5, 0.6) is 0 Å². The SMILES string of the molecule is O=C(Nc1cccc(S(=O)(=O)Nc2ccc(Cl)cc2)c1)[C@H]1CC(=O)N(Cc2ccccc2)C1. The summed E-state index contributed by atoms with van der Waals surface area (Å²) in [7, 11) is -3.86. The molecule has 0 saturated carbocycles. The molecule has 1 saturated heterocycles. The molecule has 0 aliphatic carbocycles. The minimum Gasteiger partial charge on any atom is -0.338 e. The van der Waals surface area contributed by atoms with Gasteiger partial charge in [-0.3, -0.25) is 14.3 Å². The fourth-order valence-corrected chi connectivity index (χ4v) is 4.85. The molecular weight excluding hydrogens is 462 g/mol. The largest absolute Gasteiger partial charge is 0.338 e. The number of nitrogens with one attached hydrogen (secondary N) is 2. The van der Waals surface area contributed by atoms with Gasteiger partial charge in [0.15, 0.2) is 0 Å². The van der Waals surface area contributed by atoms with Gasteiger partial charge in [-0.15, -0.1) is 0 Å². The number of carbonyl (C=O) groups excluding carboxylic acids is 2. The van der Waals surface area contributed by atoms with E-state index in [1.807, 2.05) is 30.3 Å². The Labute approximate surface area is 197 Å². The Morgan fingerprint density at radius 1 is 0.970 bits per heavy atom. The third kappa shape index (κ3) is 5.71. The van der Waals surface area contributed by atoms with E-state index in [0.29, 0.717) is 29.5 Å². The summed E-state index contributed by atoms with van der Waals surface area (Å²) in [6.45, 7) is 0.767. The highest BCUT2D eigenvalue weighted by molar-refractivity contribution is 7.92.